The van der Waals surface area contributed by atoms with E-state index < -0.39 is 0 Å². The molecule has 4 nitrogen and oxygen atoms in total. The predicted molar refractivity (Wildman–Crippen MR) is 69.1 cm³/mol. The molecule has 0 spiro atoms. The van der Waals surface area contributed by atoms with Crippen LogP contribution >= 0.6 is 0 Å². The Morgan fingerprint density at radius 3 is 2.83 bits per heavy atom. The van der Waals surface area contributed by atoms with E-state index >= 15 is 0 Å². The molecule has 0 atom stereocenters. The fraction of sp³-hybridized carbons (Fsp3) is 0.286. The van der Waals surface area contributed by atoms with Gasteiger partial charge in [-0.05, 0) is 25.1 Å². The number of carbonyl (C=O) groups is 1. The van der Waals surface area contributed by atoms with Crippen LogP contribution in [0.1, 0.15) is 17.4 Å². The number of rotatable bonds is 6. The van der Waals surface area contributed by atoms with Crippen LogP contribution < -0.4 is 4.74 Å². The van der Waals surface area contributed by atoms with Crippen molar-refractivity contribution in [1.29, 1.82) is 0 Å². The molecule has 0 aliphatic rings. The summed E-state index contributed by atoms with van der Waals surface area (Å²) in [7, 11) is 0. The van der Waals surface area contributed by atoms with Gasteiger partial charge in [0.25, 0.3) is 0 Å². The largest absolute Gasteiger partial charge is 0.491 e. The van der Waals surface area contributed by atoms with E-state index in [1.165, 1.54) is 0 Å². The van der Waals surface area contributed by atoms with E-state index in [1.807, 2.05) is 31.2 Å². The molecule has 0 unspecified atom stereocenters. The van der Waals surface area contributed by atoms with E-state index in [0.29, 0.717) is 25.5 Å². The third-order valence-electron chi connectivity index (χ3n) is 2.51. The van der Waals surface area contributed by atoms with E-state index in [-0.39, 0.29) is 0 Å². The number of hydrogen-bond donors (Lipinski definition) is 0. The van der Waals surface area contributed by atoms with Crippen LogP contribution in [0, 0.1) is 0 Å². The second kappa shape index (κ2) is 6.12. The first kappa shape index (κ1) is 12.5. The summed E-state index contributed by atoms with van der Waals surface area (Å²) in [4.78, 5) is 14.9. The number of pyridine rings is 1. The van der Waals surface area contributed by atoms with Gasteiger partial charge in [0, 0.05) is 18.1 Å². The van der Waals surface area contributed by atoms with Crippen LogP contribution in [0.25, 0.3) is 10.9 Å². The van der Waals surface area contributed by atoms with Crippen LogP contribution in [0.2, 0.25) is 0 Å². The van der Waals surface area contributed by atoms with E-state index in [4.69, 9.17) is 9.47 Å². The summed E-state index contributed by atoms with van der Waals surface area (Å²) in [5, 5.41) is 0.984. The van der Waals surface area contributed by atoms with E-state index in [2.05, 4.69) is 4.98 Å². The maximum Gasteiger partial charge on any atom is 0.168 e. The first-order chi connectivity index (χ1) is 8.83. The summed E-state index contributed by atoms with van der Waals surface area (Å²) in [6.07, 6.45) is 0.738. The molecule has 0 fully saturated rings. The molecule has 0 aliphatic heterocycles. The molecule has 0 N–H and O–H groups in total. The Balaban J connectivity index is 2.12. The number of aromatic nitrogens is 1. The molecule has 0 amide bonds. The zero-order chi connectivity index (χ0) is 12.8. The molecule has 0 aliphatic carbocycles. The number of hydrogen-bond acceptors (Lipinski definition) is 4. The van der Waals surface area contributed by atoms with Gasteiger partial charge in [0.15, 0.2) is 6.29 Å². The molecule has 18 heavy (non-hydrogen) atoms. The SMILES string of the molecule is CCOCCOc1ccc2ccc(C=O)nc2c1. The third kappa shape index (κ3) is 3.05. The Morgan fingerprint density at radius 2 is 2.06 bits per heavy atom. The number of carbonyl (C=O) groups excluding carboxylic acids is 1. The third-order valence-corrected chi connectivity index (χ3v) is 2.51. The number of fused-ring (bicyclic) bond motifs is 1. The second-order valence-electron chi connectivity index (χ2n) is 3.75. The maximum atomic E-state index is 10.7. The van der Waals surface area contributed by atoms with Crippen LogP contribution in [0.3, 0.4) is 0 Å². The van der Waals surface area contributed by atoms with Gasteiger partial charge in [0.05, 0.1) is 12.1 Å². The molecule has 1 heterocycles. The normalized spacial score (nSPS) is 10.5. The summed E-state index contributed by atoms with van der Waals surface area (Å²) in [6.45, 7) is 3.70. The Kier molecular flexibility index (Phi) is 4.25. The quantitative estimate of drug-likeness (QED) is 0.579. The van der Waals surface area contributed by atoms with Crippen LogP contribution in [0.15, 0.2) is 30.3 Å². The van der Waals surface area contributed by atoms with Gasteiger partial charge in [-0.3, -0.25) is 4.79 Å². The van der Waals surface area contributed by atoms with Crippen molar-refractivity contribution >= 4 is 17.2 Å². The molecule has 4 heteroatoms. The lowest BCUT2D eigenvalue weighted by atomic mass is 10.2. The molecule has 0 saturated carbocycles. The first-order valence-electron chi connectivity index (χ1n) is 5.90. The van der Waals surface area contributed by atoms with Crippen LogP contribution in [0.5, 0.6) is 5.75 Å². The average molecular weight is 245 g/mol. The van der Waals surface area contributed by atoms with E-state index in [1.54, 1.807) is 6.07 Å². The average Bonchev–Trinajstić information content (AvgIpc) is 2.42. The summed E-state index contributed by atoms with van der Waals surface area (Å²) >= 11 is 0. The lowest BCUT2D eigenvalue weighted by Gasteiger charge is -2.07. The molecule has 2 rings (SSSR count). The number of aldehydes is 1. The first-order valence-corrected chi connectivity index (χ1v) is 5.90. The van der Waals surface area contributed by atoms with Crippen molar-refractivity contribution < 1.29 is 14.3 Å². The highest BCUT2D eigenvalue weighted by Crippen LogP contribution is 2.19. The molecular formula is C14H15NO3. The van der Waals surface area contributed by atoms with Crippen molar-refractivity contribution in [2.24, 2.45) is 0 Å². The minimum Gasteiger partial charge on any atom is -0.491 e. The van der Waals surface area contributed by atoms with Crippen LogP contribution in [-0.4, -0.2) is 31.1 Å². The molecule has 0 saturated heterocycles. The lowest BCUT2D eigenvalue weighted by molar-refractivity contribution is 0.110. The highest BCUT2D eigenvalue weighted by atomic mass is 16.5. The molecule has 0 bridgehead atoms. The van der Waals surface area contributed by atoms with E-state index in [0.717, 1.165) is 22.9 Å². The zero-order valence-corrected chi connectivity index (χ0v) is 10.3. The Hall–Kier alpha value is -1.94. The van der Waals surface area contributed by atoms with Gasteiger partial charge in [0.2, 0.25) is 0 Å². The van der Waals surface area contributed by atoms with Gasteiger partial charge < -0.3 is 9.47 Å². The van der Waals surface area contributed by atoms with Crippen molar-refractivity contribution in [1.82, 2.24) is 4.98 Å². The molecule has 1 aromatic carbocycles. The second-order valence-corrected chi connectivity index (χ2v) is 3.75. The van der Waals surface area contributed by atoms with Gasteiger partial charge in [-0.15, -0.1) is 0 Å². The molecule has 0 radical (unpaired) electrons. The minimum absolute atomic E-state index is 0.425. The highest BCUT2D eigenvalue weighted by Gasteiger charge is 2.00. The Labute approximate surface area is 106 Å². The smallest absolute Gasteiger partial charge is 0.168 e. The number of benzene rings is 1. The molecule has 1 aromatic heterocycles. The Morgan fingerprint density at radius 1 is 1.22 bits per heavy atom. The zero-order valence-electron chi connectivity index (χ0n) is 10.3. The van der Waals surface area contributed by atoms with E-state index in [9.17, 15) is 4.79 Å². The van der Waals surface area contributed by atoms with Gasteiger partial charge >= 0.3 is 0 Å². The number of nitrogens with zero attached hydrogens (tertiary/aromatic N) is 1. The van der Waals surface area contributed by atoms with Crippen molar-refractivity contribution in [2.75, 3.05) is 19.8 Å². The van der Waals surface area contributed by atoms with Gasteiger partial charge in [-0.2, -0.15) is 0 Å². The molecule has 2 aromatic rings. The monoisotopic (exact) mass is 245 g/mol. The predicted octanol–water partition coefficient (Wildman–Crippen LogP) is 2.46. The molecular weight excluding hydrogens is 230 g/mol. The van der Waals surface area contributed by atoms with Crippen molar-refractivity contribution in [3.8, 4) is 5.75 Å². The van der Waals surface area contributed by atoms with Crippen molar-refractivity contribution in [3.05, 3.63) is 36.0 Å². The van der Waals surface area contributed by atoms with Crippen LogP contribution in [-0.2, 0) is 4.74 Å². The standard InChI is InChI=1S/C14H15NO3/c1-2-17-7-8-18-13-6-4-11-3-5-12(10-16)15-14(11)9-13/h3-6,9-10H,2,7-8H2,1H3. The fourth-order valence-electron chi connectivity index (χ4n) is 1.63. The van der Waals surface area contributed by atoms with Gasteiger partial charge in [-0.1, -0.05) is 6.07 Å². The van der Waals surface area contributed by atoms with Crippen molar-refractivity contribution in [3.63, 3.8) is 0 Å². The topological polar surface area (TPSA) is 48.4 Å². The van der Waals surface area contributed by atoms with Crippen molar-refractivity contribution in [2.45, 2.75) is 6.92 Å². The van der Waals surface area contributed by atoms with Gasteiger partial charge in [0.1, 0.15) is 18.1 Å². The lowest BCUT2D eigenvalue weighted by Crippen LogP contribution is -2.06. The molecule has 94 valence electrons. The van der Waals surface area contributed by atoms with Crippen LogP contribution in [0.4, 0.5) is 0 Å². The summed E-state index contributed by atoms with van der Waals surface area (Å²) < 4.78 is 10.7. The fourth-order valence-corrected chi connectivity index (χ4v) is 1.63. The Bertz CT molecular complexity index is 540. The van der Waals surface area contributed by atoms with Gasteiger partial charge in [-0.25, -0.2) is 4.98 Å². The minimum atomic E-state index is 0.425. The number of ether oxygens (including phenoxy) is 2. The maximum absolute atomic E-state index is 10.7. The highest BCUT2D eigenvalue weighted by molar-refractivity contribution is 5.84. The summed E-state index contributed by atoms with van der Waals surface area (Å²) in [5.41, 5.74) is 1.18. The summed E-state index contributed by atoms with van der Waals surface area (Å²) in [5.74, 6) is 0.734. The summed E-state index contributed by atoms with van der Waals surface area (Å²) in [6, 6.07) is 9.21.